The maximum absolute atomic E-state index is 11.4. The SMILES string of the molecule is CC(C)=C(C)S(=O)CC(C)C. The molecule has 0 aliphatic rings. The van der Waals surface area contributed by atoms with Crippen LogP contribution in [0.3, 0.4) is 0 Å². The van der Waals surface area contributed by atoms with E-state index in [0.29, 0.717) is 5.92 Å². The molecule has 0 spiro atoms. The van der Waals surface area contributed by atoms with Crippen molar-refractivity contribution in [2.45, 2.75) is 34.6 Å². The van der Waals surface area contributed by atoms with Gasteiger partial charge in [0, 0.05) is 21.5 Å². The summed E-state index contributed by atoms with van der Waals surface area (Å²) in [7, 11) is -0.745. The van der Waals surface area contributed by atoms with Crippen LogP contribution in [0.15, 0.2) is 10.5 Å². The monoisotopic (exact) mass is 174 g/mol. The predicted molar refractivity (Wildman–Crippen MR) is 51.9 cm³/mol. The zero-order chi connectivity index (χ0) is 9.02. The molecule has 0 saturated heterocycles. The minimum absolute atomic E-state index is 0.519. The average Bonchev–Trinajstić information content (AvgIpc) is 1.84. The van der Waals surface area contributed by atoms with Crippen molar-refractivity contribution in [2.24, 2.45) is 5.92 Å². The topological polar surface area (TPSA) is 17.1 Å². The lowest BCUT2D eigenvalue weighted by Crippen LogP contribution is -2.05. The smallest absolute Gasteiger partial charge is 0.0487 e. The van der Waals surface area contributed by atoms with Crippen LogP contribution in [0.5, 0.6) is 0 Å². The number of hydrogen-bond acceptors (Lipinski definition) is 1. The lowest BCUT2D eigenvalue weighted by molar-refractivity contribution is 0.668. The summed E-state index contributed by atoms with van der Waals surface area (Å²) in [6.45, 7) is 10.2. The van der Waals surface area contributed by atoms with Crippen molar-refractivity contribution in [1.29, 1.82) is 0 Å². The van der Waals surface area contributed by atoms with Crippen LogP contribution < -0.4 is 0 Å². The number of hydrogen-bond donors (Lipinski definition) is 0. The van der Waals surface area contributed by atoms with Crippen LogP contribution in [0.25, 0.3) is 0 Å². The highest BCUT2D eigenvalue weighted by Crippen LogP contribution is 2.10. The van der Waals surface area contributed by atoms with Crippen LogP contribution in [-0.4, -0.2) is 9.96 Å². The highest BCUT2D eigenvalue weighted by molar-refractivity contribution is 7.88. The lowest BCUT2D eigenvalue weighted by Gasteiger charge is -2.06. The largest absolute Gasteiger partial charge is 0.255 e. The second-order valence-electron chi connectivity index (χ2n) is 3.46. The average molecular weight is 174 g/mol. The molecule has 1 unspecified atom stereocenters. The zero-order valence-electron chi connectivity index (χ0n) is 8.10. The third-order valence-corrected chi connectivity index (χ3v) is 3.59. The fourth-order valence-corrected chi connectivity index (χ4v) is 1.97. The fraction of sp³-hybridized carbons (Fsp3) is 0.778. The van der Waals surface area contributed by atoms with Crippen molar-refractivity contribution >= 4 is 10.8 Å². The second kappa shape index (κ2) is 4.70. The van der Waals surface area contributed by atoms with Gasteiger partial charge in [-0.2, -0.15) is 0 Å². The van der Waals surface area contributed by atoms with Gasteiger partial charge in [0.25, 0.3) is 0 Å². The van der Waals surface area contributed by atoms with E-state index >= 15 is 0 Å². The van der Waals surface area contributed by atoms with E-state index in [1.165, 1.54) is 5.57 Å². The van der Waals surface area contributed by atoms with Crippen LogP contribution >= 0.6 is 0 Å². The minimum Gasteiger partial charge on any atom is -0.255 e. The molecule has 0 rings (SSSR count). The van der Waals surface area contributed by atoms with Crippen molar-refractivity contribution in [1.82, 2.24) is 0 Å². The van der Waals surface area contributed by atoms with Gasteiger partial charge in [0.05, 0.1) is 0 Å². The Hall–Kier alpha value is -0.110. The molecule has 0 N–H and O–H groups in total. The molecule has 0 aliphatic heterocycles. The third-order valence-electron chi connectivity index (χ3n) is 1.53. The van der Waals surface area contributed by atoms with Crippen molar-refractivity contribution in [3.63, 3.8) is 0 Å². The number of rotatable bonds is 3. The van der Waals surface area contributed by atoms with E-state index in [1.54, 1.807) is 0 Å². The van der Waals surface area contributed by atoms with E-state index < -0.39 is 10.8 Å². The van der Waals surface area contributed by atoms with Gasteiger partial charge in [-0.15, -0.1) is 0 Å². The maximum Gasteiger partial charge on any atom is 0.0487 e. The van der Waals surface area contributed by atoms with Gasteiger partial charge in [-0.3, -0.25) is 4.21 Å². The van der Waals surface area contributed by atoms with Gasteiger partial charge in [0.1, 0.15) is 0 Å². The molecule has 0 aliphatic carbocycles. The lowest BCUT2D eigenvalue weighted by atomic mass is 10.3. The van der Waals surface area contributed by atoms with Crippen LogP contribution in [0.2, 0.25) is 0 Å². The Kier molecular flexibility index (Phi) is 4.66. The molecule has 0 fully saturated rings. The van der Waals surface area contributed by atoms with Gasteiger partial charge in [0.15, 0.2) is 0 Å². The molecule has 0 saturated carbocycles. The number of allylic oxidation sites excluding steroid dienone is 2. The van der Waals surface area contributed by atoms with E-state index in [2.05, 4.69) is 13.8 Å². The molecule has 0 aromatic rings. The first kappa shape index (κ1) is 10.9. The van der Waals surface area contributed by atoms with Gasteiger partial charge in [-0.1, -0.05) is 19.4 Å². The Morgan fingerprint density at radius 3 is 2.00 bits per heavy atom. The first-order valence-corrected chi connectivity index (χ1v) is 5.29. The highest BCUT2D eigenvalue weighted by Gasteiger charge is 2.05. The molecule has 1 nitrogen and oxygen atoms in total. The summed E-state index contributed by atoms with van der Waals surface area (Å²) in [6, 6.07) is 0. The molecule has 2 heteroatoms. The molecule has 0 amide bonds. The summed E-state index contributed by atoms with van der Waals surface area (Å²) in [5.74, 6) is 1.31. The zero-order valence-corrected chi connectivity index (χ0v) is 8.92. The van der Waals surface area contributed by atoms with Crippen LogP contribution in [0, 0.1) is 5.92 Å². The quantitative estimate of drug-likeness (QED) is 0.643. The Labute approximate surface area is 72.3 Å². The Morgan fingerprint density at radius 2 is 1.73 bits per heavy atom. The molecule has 1 atom stereocenters. The van der Waals surface area contributed by atoms with Gasteiger partial charge in [-0.25, -0.2) is 0 Å². The minimum atomic E-state index is -0.745. The van der Waals surface area contributed by atoms with Crippen LogP contribution in [0.4, 0.5) is 0 Å². The Balaban J connectivity index is 4.17. The van der Waals surface area contributed by atoms with E-state index in [1.807, 2.05) is 20.8 Å². The Bertz CT molecular complexity index is 176. The van der Waals surface area contributed by atoms with Gasteiger partial charge >= 0.3 is 0 Å². The van der Waals surface area contributed by atoms with Crippen LogP contribution in [0.1, 0.15) is 34.6 Å². The molecular weight excluding hydrogens is 156 g/mol. The first-order valence-electron chi connectivity index (χ1n) is 3.97. The van der Waals surface area contributed by atoms with Gasteiger partial charge < -0.3 is 0 Å². The van der Waals surface area contributed by atoms with E-state index in [-0.39, 0.29) is 0 Å². The molecule has 66 valence electrons. The van der Waals surface area contributed by atoms with E-state index in [4.69, 9.17) is 0 Å². The van der Waals surface area contributed by atoms with Crippen molar-refractivity contribution in [3.8, 4) is 0 Å². The van der Waals surface area contributed by atoms with Crippen molar-refractivity contribution in [2.75, 3.05) is 5.75 Å². The predicted octanol–water partition coefficient (Wildman–Crippen LogP) is 2.70. The van der Waals surface area contributed by atoms with E-state index in [0.717, 1.165) is 10.7 Å². The normalized spacial score (nSPS) is 13.3. The second-order valence-corrected chi connectivity index (χ2v) is 5.10. The molecule has 0 heterocycles. The maximum atomic E-state index is 11.4. The van der Waals surface area contributed by atoms with Crippen molar-refractivity contribution in [3.05, 3.63) is 10.5 Å². The Morgan fingerprint density at radius 1 is 1.27 bits per heavy atom. The van der Waals surface area contributed by atoms with Crippen LogP contribution in [-0.2, 0) is 10.8 Å². The fourth-order valence-electron chi connectivity index (χ4n) is 0.655. The van der Waals surface area contributed by atoms with Gasteiger partial charge in [-0.05, 0) is 26.7 Å². The molecule has 11 heavy (non-hydrogen) atoms. The molecule has 0 radical (unpaired) electrons. The summed E-state index contributed by atoms with van der Waals surface area (Å²) >= 11 is 0. The molecule has 0 bridgehead atoms. The molecular formula is C9H18OS. The summed E-state index contributed by atoms with van der Waals surface area (Å²) in [5, 5.41) is 0. The van der Waals surface area contributed by atoms with Gasteiger partial charge in [0.2, 0.25) is 0 Å². The van der Waals surface area contributed by atoms with E-state index in [9.17, 15) is 4.21 Å². The first-order chi connectivity index (χ1) is 4.95. The summed E-state index contributed by atoms with van der Waals surface area (Å²) in [6.07, 6.45) is 0. The standard InChI is InChI=1S/C9H18OS/c1-7(2)6-11(10)9(5)8(3)4/h7H,6H2,1-5H3. The summed E-state index contributed by atoms with van der Waals surface area (Å²) in [5.41, 5.74) is 1.18. The molecule has 0 aromatic carbocycles. The summed E-state index contributed by atoms with van der Waals surface area (Å²) in [4.78, 5) is 1.04. The molecule has 0 aromatic heterocycles. The highest BCUT2D eigenvalue weighted by atomic mass is 32.2. The third kappa shape index (κ3) is 4.35. The summed E-state index contributed by atoms with van der Waals surface area (Å²) < 4.78 is 11.4. The van der Waals surface area contributed by atoms with Crippen molar-refractivity contribution < 1.29 is 4.21 Å².